The largest absolute Gasteiger partial charge is 0.444 e. The van der Waals surface area contributed by atoms with Crippen molar-refractivity contribution in [3.8, 4) is 0 Å². The van der Waals surface area contributed by atoms with E-state index >= 15 is 0 Å². The van der Waals surface area contributed by atoms with Crippen LogP contribution in [0, 0.1) is 5.92 Å². The van der Waals surface area contributed by atoms with Crippen molar-refractivity contribution < 1.29 is 9.53 Å². The molecule has 0 aromatic rings. The summed E-state index contributed by atoms with van der Waals surface area (Å²) in [5.41, 5.74) is -0.420. The van der Waals surface area contributed by atoms with E-state index in [0.717, 1.165) is 12.2 Å². The van der Waals surface area contributed by atoms with Crippen molar-refractivity contribution in [2.75, 3.05) is 5.75 Å². The molecule has 0 N–H and O–H groups in total. The van der Waals surface area contributed by atoms with Crippen molar-refractivity contribution in [2.24, 2.45) is 5.92 Å². The summed E-state index contributed by atoms with van der Waals surface area (Å²) in [4.78, 5) is 15.0. The van der Waals surface area contributed by atoms with Gasteiger partial charge in [-0.25, -0.2) is 4.79 Å². The molecule has 3 nitrogen and oxygen atoms in total. The van der Waals surface area contributed by atoms with Gasteiger partial charge < -0.3 is 4.74 Å². The van der Waals surface area contributed by atoms with Crippen LogP contribution in [0.4, 0.5) is 4.79 Å². The van der Waals surface area contributed by atoms with Gasteiger partial charge in [-0.05, 0) is 33.1 Å². The van der Waals surface area contributed by atoms with Gasteiger partial charge in [-0.3, -0.25) is 4.90 Å². The van der Waals surface area contributed by atoms with Crippen molar-refractivity contribution in [2.45, 2.75) is 77.3 Å². The zero-order valence-corrected chi connectivity index (χ0v) is 16.1. The Kier molecular flexibility index (Phi) is 5.64. The summed E-state index contributed by atoms with van der Waals surface area (Å²) in [6, 6.07) is 0.326. The number of hydrogen-bond acceptors (Lipinski definition) is 3. The van der Waals surface area contributed by atoms with Gasteiger partial charge in [-0.15, -0.1) is 11.8 Å². The van der Waals surface area contributed by atoms with Crippen molar-refractivity contribution in [3.63, 3.8) is 0 Å². The highest BCUT2D eigenvalue weighted by Crippen LogP contribution is 2.38. The second kappa shape index (κ2) is 6.30. The summed E-state index contributed by atoms with van der Waals surface area (Å²) < 4.78 is 5.65. The number of nitrogens with zero attached hydrogens (tertiary/aromatic N) is 1. The zero-order valence-electron chi connectivity index (χ0n) is 14.3. The van der Waals surface area contributed by atoms with Crippen LogP contribution in [-0.4, -0.2) is 41.5 Å². The van der Waals surface area contributed by atoms with Gasteiger partial charge in [0.2, 0.25) is 0 Å². The highest BCUT2D eigenvalue weighted by Gasteiger charge is 2.45. The minimum Gasteiger partial charge on any atom is -0.444 e. The summed E-state index contributed by atoms with van der Waals surface area (Å²) in [6.07, 6.45) is 0.938. The Morgan fingerprint density at radius 3 is 2.30 bits per heavy atom. The molecule has 1 fully saturated rings. The van der Waals surface area contributed by atoms with E-state index in [2.05, 4.69) is 38.4 Å². The third-order valence-corrected chi connectivity index (χ3v) is 8.68. The topological polar surface area (TPSA) is 29.5 Å². The predicted molar refractivity (Wildman–Crippen MR) is 90.9 cm³/mol. The van der Waals surface area contributed by atoms with Crippen LogP contribution in [0.3, 0.4) is 0 Å². The van der Waals surface area contributed by atoms with Crippen LogP contribution in [0.1, 0.15) is 41.0 Å². The maximum absolute atomic E-state index is 12.6. The van der Waals surface area contributed by atoms with E-state index in [1.165, 1.54) is 0 Å². The first-order valence-corrected chi connectivity index (χ1v) is 12.2. The van der Waals surface area contributed by atoms with E-state index < -0.39 is 13.7 Å². The quantitative estimate of drug-likeness (QED) is 0.713. The molecule has 1 heterocycles. The number of rotatable bonds is 3. The molecule has 0 saturated carbocycles. The van der Waals surface area contributed by atoms with Gasteiger partial charge in [0, 0.05) is 11.8 Å². The Labute approximate surface area is 129 Å². The minimum atomic E-state index is -1.43. The average molecular weight is 318 g/mol. The third kappa shape index (κ3) is 4.99. The molecule has 1 aliphatic rings. The lowest BCUT2D eigenvalue weighted by Gasteiger charge is -2.37. The standard InChI is InChI=1S/C15H31NO2SSi/c1-11(2)9-12-10-19-14(20(6,7)8)16(12)13(17)18-15(3,4)5/h11-12,14H,9-10H2,1-8H3. The van der Waals surface area contributed by atoms with Crippen LogP contribution in [0.25, 0.3) is 0 Å². The van der Waals surface area contributed by atoms with Crippen LogP contribution in [0.2, 0.25) is 19.6 Å². The van der Waals surface area contributed by atoms with Gasteiger partial charge in [-0.1, -0.05) is 33.5 Å². The van der Waals surface area contributed by atoms with Crippen molar-refractivity contribution in [1.29, 1.82) is 0 Å². The number of ether oxygens (including phenoxy) is 1. The Hall–Kier alpha value is -0.163. The fraction of sp³-hybridized carbons (Fsp3) is 0.933. The van der Waals surface area contributed by atoms with Crippen molar-refractivity contribution >= 4 is 25.9 Å². The molecule has 1 aliphatic heterocycles. The normalized spacial score (nSPS) is 24.4. The van der Waals surface area contributed by atoms with Crippen LogP contribution in [-0.2, 0) is 4.74 Å². The Balaban J connectivity index is 2.93. The van der Waals surface area contributed by atoms with E-state index in [1.807, 2.05) is 32.5 Å². The maximum atomic E-state index is 12.6. The second-order valence-corrected chi connectivity index (χ2v) is 15.0. The molecule has 2 unspecified atom stereocenters. The molecule has 20 heavy (non-hydrogen) atoms. The number of carbonyl (C=O) groups is 1. The van der Waals surface area contributed by atoms with Crippen LogP contribution >= 0.6 is 11.8 Å². The van der Waals surface area contributed by atoms with E-state index in [0.29, 0.717) is 17.0 Å². The summed E-state index contributed by atoms with van der Waals surface area (Å²) in [5.74, 6) is 1.65. The lowest BCUT2D eigenvalue weighted by atomic mass is 10.0. The van der Waals surface area contributed by atoms with Crippen LogP contribution in [0.5, 0.6) is 0 Å². The molecular formula is C15H31NO2SSi. The predicted octanol–water partition coefficient (Wildman–Crippen LogP) is 4.59. The Morgan fingerprint density at radius 1 is 1.35 bits per heavy atom. The molecular weight excluding hydrogens is 286 g/mol. The number of hydrogen-bond donors (Lipinski definition) is 0. The van der Waals surface area contributed by atoms with Crippen molar-refractivity contribution in [1.82, 2.24) is 4.90 Å². The first kappa shape index (κ1) is 17.9. The molecule has 0 bridgehead atoms. The second-order valence-electron chi connectivity index (χ2n) is 8.22. The molecule has 0 spiro atoms. The lowest BCUT2D eigenvalue weighted by Crippen LogP contribution is -2.53. The molecule has 5 heteroatoms. The number of amides is 1. The number of thioether (sulfide) groups is 1. The van der Waals surface area contributed by atoms with Gasteiger partial charge in [0.1, 0.15) is 5.60 Å². The highest BCUT2D eigenvalue weighted by molar-refractivity contribution is 8.01. The van der Waals surface area contributed by atoms with Crippen LogP contribution in [0.15, 0.2) is 0 Å². The Bertz CT molecular complexity index is 347. The SMILES string of the molecule is CC(C)CC1CSC([Si](C)(C)C)N1C(=O)OC(C)(C)C. The smallest absolute Gasteiger partial charge is 0.411 e. The number of carbonyl (C=O) groups excluding carboxylic acids is 1. The fourth-order valence-corrected chi connectivity index (χ4v) is 7.07. The molecule has 0 aromatic carbocycles. The van der Waals surface area contributed by atoms with E-state index in [-0.39, 0.29) is 6.09 Å². The molecule has 1 saturated heterocycles. The van der Waals surface area contributed by atoms with Gasteiger partial charge in [-0.2, -0.15) is 0 Å². The first-order chi connectivity index (χ1) is 8.92. The van der Waals surface area contributed by atoms with Gasteiger partial charge in [0.25, 0.3) is 0 Å². The summed E-state index contributed by atoms with van der Waals surface area (Å²) in [6.45, 7) is 17.3. The fourth-order valence-electron chi connectivity index (χ4n) is 2.51. The summed E-state index contributed by atoms with van der Waals surface area (Å²) in [7, 11) is -1.43. The summed E-state index contributed by atoms with van der Waals surface area (Å²) in [5, 5.41) is 0. The van der Waals surface area contributed by atoms with Gasteiger partial charge >= 0.3 is 6.09 Å². The molecule has 1 amide bonds. The van der Waals surface area contributed by atoms with Gasteiger partial charge in [0.05, 0.1) is 13.1 Å². The van der Waals surface area contributed by atoms with E-state index in [9.17, 15) is 4.79 Å². The van der Waals surface area contributed by atoms with Crippen molar-refractivity contribution in [3.05, 3.63) is 0 Å². The maximum Gasteiger partial charge on any atom is 0.411 e. The molecule has 0 aromatic heterocycles. The summed E-state index contributed by atoms with van der Waals surface area (Å²) >= 11 is 1.95. The highest BCUT2D eigenvalue weighted by atomic mass is 32.2. The molecule has 2 atom stereocenters. The van der Waals surface area contributed by atoms with Gasteiger partial charge in [0.15, 0.2) is 0 Å². The lowest BCUT2D eigenvalue weighted by molar-refractivity contribution is 0.0198. The molecule has 0 aliphatic carbocycles. The minimum absolute atomic E-state index is 0.124. The van der Waals surface area contributed by atoms with Crippen LogP contribution < -0.4 is 0 Å². The van der Waals surface area contributed by atoms with E-state index in [1.54, 1.807) is 0 Å². The average Bonchev–Trinajstić information content (AvgIpc) is 2.56. The third-order valence-electron chi connectivity index (χ3n) is 3.18. The molecule has 0 radical (unpaired) electrons. The molecule has 118 valence electrons. The Morgan fingerprint density at radius 2 is 1.90 bits per heavy atom. The first-order valence-electron chi connectivity index (χ1n) is 7.54. The molecule has 1 rings (SSSR count). The monoisotopic (exact) mass is 317 g/mol. The van der Waals surface area contributed by atoms with E-state index in [4.69, 9.17) is 4.74 Å². The zero-order chi connectivity index (χ0) is 15.7.